The summed E-state index contributed by atoms with van der Waals surface area (Å²) in [6, 6.07) is 8.04. The quantitative estimate of drug-likeness (QED) is 0.482. The molecule has 1 N–H and O–H groups in total. The highest BCUT2D eigenvalue weighted by Gasteiger charge is 2.41. The van der Waals surface area contributed by atoms with Gasteiger partial charge in [-0.3, -0.25) is 24.1 Å². The molecule has 0 radical (unpaired) electrons. The van der Waals surface area contributed by atoms with Crippen LogP contribution in [0.5, 0.6) is 11.5 Å². The topological polar surface area (TPSA) is 111 Å². The second-order valence-corrected chi connectivity index (χ2v) is 7.66. The van der Waals surface area contributed by atoms with Crippen molar-refractivity contribution in [3.63, 3.8) is 0 Å². The molecule has 0 saturated carbocycles. The van der Waals surface area contributed by atoms with Crippen molar-refractivity contribution in [2.24, 2.45) is 0 Å². The van der Waals surface area contributed by atoms with E-state index in [9.17, 15) is 19.2 Å². The molecule has 33 heavy (non-hydrogen) atoms. The third kappa shape index (κ3) is 4.67. The van der Waals surface area contributed by atoms with Crippen LogP contribution in [0.2, 0.25) is 0 Å². The molecular weight excluding hydrogens is 428 g/mol. The first-order valence-corrected chi connectivity index (χ1v) is 10.3. The standard InChI is InChI=1S/C24H26N2O7/c1-13-6-8-16-17(10-13)24(30)26(23(16)29)14(2)22(28)25-18(12-21(27)33-5)15-7-9-19(31-3)20(11-15)32-4/h6-11,14,18H,12H2,1-5H3,(H,25,28)/t14-,18-/m0/s1. The van der Waals surface area contributed by atoms with Crippen molar-refractivity contribution >= 4 is 23.7 Å². The van der Waals surface area contributed by atoms with Crippen molar-refractivity contribution in [2.45, 2.75) is 32.4 Å². The minimum absolute atomic E-state index is 0.161. The second-order valence-electron chi connectivity index (χ2n) is 7.66. The first-order valence-electron chi connectivity index (χ1n) is 10.3. The number of rotatable bonds is 8. The molecule has 1 aliphatic heterocycles. The van der Waals surface area contributed by atoms with Gasteiger partial charge < -0.3 is 19.5 Å². The van der Waals surface area contributed by atoms with Gasteiger partial charge in [0.2, 0.25) is 5.91 Å². The van der Waals surface area contributed by atoms with Crippen LogP contribution < -0.4 is 14.8 Å². The summed E-state index contributed by atoms with van der Waals surface area (Å²) in [7, 11) is 4.22. The maximum atomic E-state index is 13.1. The van der Waals surface area contributed by atoms with Gasteiger partial charge in [-0.15, -0.1) is 0 Å². The van der Waals surface area contributed by atoms with E-state index in [2.05, 4.69) is 5.32 Å². The van der Waals surface area contributed by atoms with Gasteiger partial charge in [-0.05, 0) is 43.7 Å². The van der Waals surface area contributed by atoms with Crippen LogP contribution in [0.4, 0.5) is 0 Å². The third-order valence-corrected chi connectivity index (χ3v) is 5.57. The van der Waals surface area contributed by atoms with E-state index in [1.165, 1.54) is 28.3 Å². The molecule has 1 aliphatic rings. The molecule has 0 aromatic heterocycles. The van der Waals surface area contributed by atoms with E-state index < -0.39 is 35.8 Å². The smallest absolute Gasteiger partial charge is 0.307 e. The maximum absolute atomic E-state index is 13.1. The van der Waals surface area contributed by atoms with Crippen molar-refractivity contribution in [1.29, 1.82) is 0 Å². The van der Waals surface area contributed by atoms with Gasteiger partial charge in [-0.25, -0.2) is 0 Å². The zero-order chi connectivity index (χ0) is 24.3. The summed E-state index contributed by atoms with van der Waals surface area (Å²) < 4.78 is 15.3. The molecule has 0 saturated heterocycles. The van der Waals surface area contributed by atoms with Gasteiger partial charge in [-0.1, -0.05) is 17.7 Å². The number of ether oxygens (including phenoxy) is 3. The zero-order valence-corrected chi connectivity index (χ0v) is 19.1. The molecule has 3 rings (SSSR count). The Kier molecular flexibility index (Phi) is 7.01. The first-order chi connectivity index (χ1) is 15.7. The Morgan fingerprint density at radius 1 is 0.939 bits per heavy atom. The summed E-state index contributed by atoms with van der Waals surface area (Å²) in [5.74, 6) is -1.30. The molecule has 2 atom stereocenters. The van der Waals surface area contributed by atoms with Crippen LogP contribution in [0.1, 0.15) is 51.2 Å². The molecule has 2 aromatic carbocycles. The van der Waals surface area contributed by atoms with E-state index in [0.29, 0.717) is 17.1 Å². The SMILES string of the molecule is COC(=O)C[C@H](NC(=O)[C@H](C)N1C(=O)c2ccc(C)cc2C1=O)c1ccc(OC)c(OC)c1. The number of benzene rings is 2. The molecule has 0 fully saturated rings. The summed E-state index contributed by atoms with van der Waals surface area (Å²) >= 11 is 0. The number of nitrogens with one attached hydrogen (secondary N) is 1. The number of esters is 1. The van der Waals surface area contributed by atoms with E-state index in [-0.39, 0.29) is 17.5 Å². The first kappa shape index (κ1) is 23.8. The lowest BCUT2D eigenvalue weighted by Crippen LogP contribution is -2.48. The normalized spacial score (nSPS) is 14.4. The minimum atomic E-state index is -1.10. The van der Waals surface area contributed by atoms with Crippen molar-refractivity contribution in [2.75, 3.05) is 21.3 Å². The van der Waals surface area contributed by atoms with Gasteiger partial charge in [0, 0.05) is 0 Å². The number of aryl methyl sites for hydroxylation is 1. The molecule has 0 aliphatic carbocycles. The van der Waals surface area contributed by atoms with Gasteiger partial charge >= 0.3 is 5.97 Å². The van der Waals surface area contributed by atoms with Crippen LogP contribution in [-0.2, 0) is 14.3 Å². The Bertz CT molecular complexity index is 1110. The lowest BCUT2D eigenvalue weighted by Gasteiger charge is -2.25. The van der Waals surface area contributed by atoms with Gasteiger partial charge in [0.1, 0.15) is 6.04 Å². The lowest BCUT2D eigenvalue weighted by atomic mass is 10.0. The van der Waals surface area contributed by atoms with E-state index in [0.717, 1.165) is 10.5 Å². The number of carbonyl (C=O) groups excluding carboxylic acids is 4. The lowest BCUT2D eigenvalue weighted by molar-refractivity contribution is -0.141. The highest BCUT2D eigenvalue weighted by molar-refractivity contribution is 6.22. The summed E-state index contributed by atoms with van der Waals surface area (Å²) in [4.78, 5) is 51.7. The van der Waals surface area contributed by atoms with Crippen molar-refractivity contribution in [1.82, 2.24) is 10.2 Å². The van der Waals surface area contributed by atoms with E-state index in [1.807, 2.05) is 6.92 Å². The number of amides is 3. The monoisotopic (exact) mass is 454 g/mol. The predicted molar refractivity (Wildman–Crippen MR) is 118 cm³/mol. The Labute approximate surface area is 191 Å². The highest BCUT2D eigenvalue weighted by Crippen LogP contribution is 2.31. The van der Waals surface area contributed by atoms with Crippen LogP contribution in [0.25, 0.3) is 0 Å². The van der Waals surface area contributed by atoms with Gasteiger partial charge in [0.25, 0.3) is 11.8 Å². The fourth-order valence-electron chi connectivity index (χ4n) is 3.71. The Hall–Kier alpha value is -3.88. The van der Waals surface area contributed by atoms with Crippen LogP contribution >= 0.6 is 0 Å². The van der Waals surface area contributed by atoms with Crippen LogP contribution in [0.3, 0.4) is 0 Å². The highest BCUT2D eigenvalue weighted by atomic mass is 16.5. The van der Waals surface area contributed by atoms with Crippen molar-refractivity contribution in [3.05, 3.63) is 58.7 Å². The Morgan fingerprint density at radius 2 is 1.61 bits per heavy atom. The summed E-state index contributed by atoms with van der Waals surface area (Å²) in [6.07, 6.45) is -0.161. The van der Waals surface area contributed by atoms with E-state index in [1.54, 1.807) is 36.4 Å². The number of hydrogen-bond acceptors (Lipinski definition) is 7. The second kappa shape index (κ2) is 9.72. The zero-order valence-electron chi connectivity index (χ0n) is 19.1. The predicted octanol–water partition coefficient (Wildman–Crippen LogP) is 2.42. The molecule has 1 heterocycles. The molecule has 9 heteroatoms. The van der Waals surface area contributed by atoms with Crippen molar-refractivity contribution in [3.8, 4) is 11.5 Å². The minimum Gasteiger partial charge on any atom is -0.493 e. The molecular formula is C24H26N2O7. The fourth-order valence-corrected chi connectivity index (χ4v) is 3.71. The Morgan fingerprint density at radius 3 is 2.24 bits per heavy atom. The largest absolute Gasteiger partial charge is 0.493 e. The van der Waals surface area contributed by atoms with Crippen molar-refractivity contribution < 1.29 is 33.4 Å². The van der Waals surface area contributed by atoms with Crippen LogP contribution in [-0.4, -0.2) is 56.0 Å². The Balaban J connectivity index is 1.86. The van der Waals surface area contributed by atoms with Crippen LogP contribution in [0, 0.1) is 6.92 Å². The summed E-state index contributed by atoms with van der Waals surface area (Å²) in [6.45, 7) is 3.28. The number of imide groups is 1. The maximum Gasteiger partial charge on any atom is 0.307 e. The summed E-state index contributed by atoms with van der Waals surface area (Å²) in [5.41, 5.74) is 1.93. The van der Waals surface area contributed by atoms with Crippen LogP contribution in [0.15, 0.2) is 36.4 Å². The molecule has 174 valence electrons. The van der Waals surface area contributed by atoms with Gasteiger partial charge in [0.15, 0.2) is 11.5 Å². The molecule has 0 spiro atoms. The fraction of sp³-hybridized carbons (Fsp3) is 0.333. The molecule has 2 aromatic rings. The van der Waals surface area contributed by atoms with Gasteiger partial charge in [0.05, 0.1) is 44.9 Å². The molecule has 3 amide bonds. The van der Waals surface area contributed by atoms with E-state index in [4.69, 9.17) is 14.2 Å². The number of methoxy groups -OCH3 is 3. The molecule has 9 nitrogen and oxygen atoms in total. The molecule has 0 unspecified atom stereocenters. The number of hydrogen-bond donors (Lipinski definition) is 1. The number of fused-ring (bicyclic) bond motifs is 1. The third-order valence-electron chi connectivity index (χ3n) is 5.57. The summed E-state index contributed by atoms with van der Waals surface area (Å²) in [5, 5.41) is 2.76. The average Bonchev–Trinajstić information content (AvgIpc) is 3.06. The van der Waals surface area contributed by atoms with E-state index >= 15 is 0 Å². The number of nitrogens with zero attached hydrogens (tertiary/aromatic N) is 1. The van der Waals surface area contributed by atoms with Gasteiger partial charge in [-0.2, -0.15) is 0 Å². The average molecular weight is 454 g/mol. The number of carbonyl (C=O) groups is 4. The molecule has 0 bridgehead atoms.